The van der Waals surface area contributed by atoms with Crippen molar-refractivity contribution in [2.75, 3.05) is 65.4 Å². The number of β-amino-alcohol motifs (C(OH)–C–C–N with tert-alkyl or cyclic N) is 3. The highest BCUT2D eigenvalue weighted by Gasteiger charge is 2.47. The fraction of sp³-hybridized carbons (Fsp3) is 0.744. The summed E-state index contributed by atoms with van der Waals surface area (Å²) in [5.74, 6) is -7.27. The van der Waals surface area contributed by atoms with Crippen molar-refractivity contribution in [3.8, 4) is 0 Å². The summed E-state index contributed by atoms with van der Waals surface area (Å²) in [4.78, 5) is 137. The van der Waals surface area contributed by atoms with E-state index in [1.54, 1.807) is 0 Å². The lowest BCUT2D eigenvalue weighted by molar-refractivity contribution is -0.147. The molecule has 0 bridgehead atoms. The number of aliphatic hydroxyl groups is 3. The SMILES string of the molecule is NCCCC[C@H](NC(=O)[C@@H]1C[C@@H](O)CN1C(=O)CNC(=O)[C@@H]1CCCN1C(=O)[C@@H]1C[C@@H](O)CN1C(=O)CN)C(=O)NCC(=O)N1C[C@H](O)C[C@H]1C(=O)N1CCC[C@H]1C(=O)NCC(=O)O. The molecule has 356 valence electrons. The number of carboxylic acid groups (broad SMARTS) is 1. The van der Waals surface area contributed by atoms with Crippen molar-refractivity contribution in [1.82, 2.24) is 45.8 Å². The molecule has 0 spiro atoms. The number of aliphatic carboxylic acids is 1. The molecule has 25 nitrogen and oxygen atoms in total. The van der Waals surface area contributed by atoms with Crippen LogP contribution in [0.2, 0.25) is 0 Å². The zero-order chi connectivity index (χ0) is 46.8. The quantitative estimate of drug-likeness (QED) is 0.0571. The molecule has 5 heterocycles. The molecule has 0 aromatic heterocycles. The van der Waals surface area contributed by atoms with Crippen LogP contribution in [0.4, 0.5) is 0 Å². The fourth-order valence-corrected chi connectivity index (χ4v) is 9.17. The summed E-state index contributed by atoms with van der Waals surface area (Å²) in [6, 6.07) is -6.59. The average Bonchev–Trinajstić information content (AvgIpc) is 4.13. The molecule has 0 aliphatic carbocycles. The second-order valence-corrected chi connectivity index (χ2v) is 16.8. The molecule has 9 amide bonds. The number of nitrogens with one attached hydrogen (secondary N) is 4. The highest BCUT2D eigenvalue weighted by molar-refractivity contribution is 5.98. The Morgan fingerprint density at radius 2 is 1.00 bits per heavy atom. The molecule has 64 heavy (non-hydrogen) atoms. The minimum absolute atomic E-state index is 0.0160. The standard InChI is InChI=1S/C39H61N11O14/c40-8-2-1-5-24(34(59)42-15-32(56)50-20-23(53)13-29(50)39(64)47-10-4-7-26(47)36(61)44-17-33(57)58)45-37(62)27-11-21(51)18-48(27)31(55)16-43-35(60)25-6-3-9-46(25)38(63)28-12-22(52)19-49(28)30(54)14-41/h21-29,51-53H,1-20,40-41H2,(H,42,59)(H,43,60)(H,44,61)(H,45,62)(H,57,58)/t21-,22-,23-,24+,25+,26+,27+,28+,29+/m1/s1. The number of hydrogen-bond acceptors (Lipinski definition) is 15. The maximum Gasteiger partial charge on any atom is 0.322 e. The number of aliphatic hydroxyl groups excluding tert-OH is 3. The Morgan fingerprint density at radius 1 is 0.547 bits per heavy atom. The fourth-order valence-electron chi connectivity index (χ4n) is 9.17. The van der Waals surface area contributed by atoms with Crippen molar-refractivity contribution in [2.24, 2.45) is 11.5 Å². The number of hydrogen-bond donors (Lipinski definition) is 10. The molecule has 0 aromatic rings. The van der Waals surface area contributed by atoms with E-state index in [1.807, 2.05) is 0 Å². The summed E-state index contributed by atoms with van der Waals surface area (Å²) in [6.07, 6.45) is -1.10. The lowest BCUT2D eigenvalue weighted by Gasteiger charge is -2.31. The van der Waals surface area contributed by atoms with Gasteiger partial charge in [-0.25, -0.2) is 0 Å². The number of likely N-dealkylation sites (tertiary alicyclic amines) is 5. The minimum atomic E-state index is -1.26. The third-order valence-corrected chi connectivity index (χ3v) is 12.3. The van der Waals surface area contributed by atoms with Crippen molar-refractivity contribution in [3.63, 3.8) is 0 Å². The number of carboxylic acids is 1. The third-order valence-electron chi connectivity index (χ3n) is 12.3. The van der Waals surface area contributed by atoms with Crippen molar-refractivity contribution in [3.05, 3.63) is 0 Å². The van der Waals surface area contributed by atoms with Crippen LogP contribution in [0.3, 0.4) is 0 Å². The molecule has 0 saturated carbocycles. The lowest BCUT2D eigenvalue weighted by Crippen LogP contribution is -2.56. The lowest BCUT2D eigenvalue weighted by atomic mass is 10.1. The van der Waals surface area contributed by atoms with Gasteiger partial charge in [-0.2, -0.15) is 0 Å². The number of unbranched alkanes of at least 4 members (excludes halogenated alkanes) is 1. The first-order valence-electron chi connectivity index (χ1n) is 21.7. The van der Waals surface area contributed by atoms with Gasteiger partial charge in [-0.15, -0.1) is 0 Å². The van der Waals surface area contributed by atoms with Crippen LogP contribution >= 0.6 is 0 Å². The van der Waals surface area contributed by atoms with Crippen molar-refractivity contribution >= 4 is 59.1 Å². The Kier molecular flexibility index (Phi) is 17.3. The van der Waals surface area contributed by atoms with E-state index in [9.17, 15) is 63.3 Å². The zero-order valence-corrected chi connectivity index (χ0v) is 35.6. The Hall–Kier alpha value is -5.50. The summed E-state index contributed by atoms with van der Waals surface area (Å²) in [6.45, 7) is -2.15. The third kappa shape index (κ3) is 12.0. The molecule has 9 atom stereocenters. The van der Waals surface area contributed by atoms with Gasteiger partial charge in [0.05, 0.1) is 37.9 Å². The predicted octanol–water partition coefficient (Wildman–Crippen LogP) is -7.14. The van der Waals surface area contributed by atoms with Crippen molar-refractivity contribution in [1.29, 1.82) is 0 Å². The van der Waals surface area contributed by atoms with Gasteiger partial charge >= 0.3 is 5.97 Å². The van der Waals surface area contributed by atoms with E-state index in [0.717, 1.165) is 9.80 Å². The Balaban J connectivity index is 1.16. The predicted molar refractivity (Wildman–Crippen MR) is 218 cm³/mol. The number of carbonyl (C=O) groups excluding carboxylic acids is 9. The van der Waals surface area contributed by atoms with Crippen LogP contribution in [0.5, 0.6) is 0 Å². The van der Waals surface area contributed by atoms with E-state index in [2.05, 4.69) is 21.3 Å². The molecule has 0 unspecified atom stereocenters. The minimum Gasteiger partial charge on any atom is -0.480 e. The Labute approximate surface area is 368 Å². The monoisotopic (exact) mass is 907 g/mol. The molecule has 5 aliphatic rings. The molecule has 0 aromatic carbocycles. The van der Waals surface area contributed by atoms with Gasteiger partial charge < -0.3 is 77.7 Å². The van der Waals surface area contributed by atoms with Crippen LogP contribution < -0.4 is 32.7 Å². The Bertz CT molecular complexity index is 1800. The number of rotatable bonds is 18. The molecular formula is C39H61N11O14. The van der Waals surface area contributed by atoms with Gasteiger partial charge in [0.15, 0.2) is 0 Å². The first kappa shape index (κ1) is 49.5. The summed E-state index contributed by atoms with van der Waals surface area (Å²) in [5.41, 5.74) is 11.1. The maximum absolute atomic E-state index is 13.7. The zero-order valence-electron chi connectivity index (χ0n) is 35.6. The van der Waals surface area contributed by atoms with E-state index in [0.29, 0.717) is 25.7 Å². The van der Waals surface area contributed by atoms with E-state index < -0.39 is 133 Å². The highest BCUT2D eigenvalue weighted by atomic mass is 16.4. The number of nitrogens with two attached hydrogens (primary N) is 2. The topological polar surface area (TPSA) is 368 Å². The second-order valence-electron chi connectivity index (χ2n) is 16.8. The van der Waals surface area contributed by atoms with Gasteiger partial charge in [0.2, 0.25) is 53.2 Å². The van der Waals surface area contributed by atoms with E-state index in [-0.39, 0.29) is 84.3 Å². The molecule has 0 radical (unpaired) electrons. The van der Waals surface area contributed by atoms with Gasteiger partial charge in [-0.1, -0.05) is 0 Å². The smallest absolute Gasteiger partial charge is 0.322 e. The largest absolute Gasteiger partial charge is 0.480 e. The van der Waals surface area contributed by atoms with Crippen LogP contribution in [0, 0.1) is 0 Å². The van der Waals surface area contributed by atoms with E-state index in [1.165, 1.54) is 14.7 Å². The first-order chi connectivity index (χ1) is 30.4. The molecular weight excluding hydrogens is 846 g/mol. The van der Waals surface area contributed by atoms with Crippen molar-refractivity contribution < 1.29 is 68.4 Å². The van der Waals surface area contributed by atoms with E-state index in [4.69, 9.17) is 16.6 Å². The maximum atomic E-state index is 13.7. The Morgan fingerprint density at radius 3 is 1.48 bits per heavy atom. The number of nitrogens with zero attached hydrogens (tertiary/aromatic N) is 5. The van der Waals surface area contributed by atoms with Crippen LogP contribution in [0.1, 0.15) is 64.2 Å². The van der Waals surface area contributed by atoms with Gasteiger partial charge in [-0.05, 0) is 51.5 Å². The van der Waals surface area contributed by atoms with Gasteiger partial charge in [-0.3, -0.25) is 47.9 Å². The summed E-state index contributed by atoms with van der Waals surface area (Å²) in [7, 11) is 0. The molecule has 5 aliphatic heterocycles. The molecule has 25 heteroatoms. The molecule has 5 fully saturated rings. The van der Waals surface area contributed by atoms with Gasteiger partial charge in [0, 0.05) is 52.0 Å². The van der Waals surface area contributed by atoms with Crippen LogP contribution in [0.15, 0.2) is 0 Å². The summed E-state index contributed by atoms with van der Waals surface area (Å²) >= 11 is 0. The van der Waals surface area contributed by atoms with Crippen molar-refractivity contribution in [2.45, 2.75) is 119 Å². The first-order valence-corrected chi connectivity index (χ1v) is 21.7. The second kappa shape index (κ2) is 22.4. The van der Waals surface area contributed by atoms with Crippen LogP contribution in [-0.4, -0.2) is 224 Å². The number of carbonyl (C=O) groups is 10. The summed E-state index contributed by atoms with van der Waals surface area (Å²) in [5, 5.41) is 50.0. The van der Waals surface area contributed by atoms with Crippen LogP contribution in [-0.2, 0) is 47.9 Å². The van der Waals surface area contributed by atoms with E-state index >= 15 is 0 Å². The molecule has 12 N–H and O–H groups in total. The highest BCUT2D eigenvalue weighted by Crippen LogP contribution is 2.27. The van der Waals surface area contributed by atoms with Gasteiger partial charge in [0.1, 0.15) is 42.8 Å². The van der Waals surface area contributed by atoms with Crippen LogP contribution in [0.25, 0.3) is 0 Å². The van der Waals surface area contributed by atoms with Gasteiger partial charge in [0.25, 0.3) is 0 Å². The normalized spacial score (nSPS) is 27.0. The molecule has 5 rings (SSSR count). The summed E-state index contributed by atoms with van der Waals surface area (Å²) < 4.78 is 0. The average molecular weight is 908 g/mol. The molecule has 5 saturated heterocycles. The number of amides is 9.